The van der Waals surface area contributed by atoms with Gasteiger partial charge in [-0.25, -0.2) is 9.67 Å². The van der Waals surface area contributed by atoms with Crippen molar-refractivity contribution in [2.45, 2.75) is 39.8 Å². The summed E-state index contributed by atoms with van der Waals surface area (Å²) < 4.78 is 3.08. The van der Waals surface area contributed by atoms with Crippen molar-refractivity contribution >= 4 is 11.7 Å². The summed E-state index contributed by atoms with van der Waals surface area (Å²) in [5.41, 5.74) is 0.596. The van der Waals surface area contributed by atoms with Crippen LogP contribution in [0.2, 0.25) is 0 Å². The molecule has 0 unspecified atom stereocenters. The molecule has 2 rings (SSSR count). The van der Waals surface area contributed by atoms with Crippen LogP contribution >= 0.6 is 0 Å². The Balaban J connectivity index is 2.21. The normalized spacial score (nSPS) is 10.9. The number of hydrogen-bond donors (Lipinski definition) is 1. The van der Waals surface area contributed by atoms with E-state index in [0.29, 0.717) is 5.82 Å². The van der Waals surface area contributed by atoms with Crippen LogP contribution in [0.1, 0.15) is 37.9 Å². The molecule has 1 amide bonds. The summed E-state index contributed by atoms with van der Waals surface area (Å²) in [5, 5.41) is 25.1. The number of nitrogens with zero attached hydrogens (tertiary/aromatic N) is 6. The van der Waals surface area contributed by atoms with Gasteiger partial charge in [0, 0.05) is 6.07 Å². The highest BCUT2D eigenvalue weighted by atomic mass is 16.2. The molecule has 23 heavy (non-hydrogen) atoms. The molecule has 118 valence electrons. The van der Waals surface area contributed by atoms with E-state index >= 15 is 0 Å². The number of nitrogens with one attached hydrogen (secondary N) is 1. The molecular formula is C15H17N7O. The highest BCUT2D eigenvalue weighted by Gasteiger charge is 2.20. The number of amides is 1. The van der Waals surface area contributed by atoms with Gasteiger partial charge in [0.15, 0.2) is 11.4 Å². The van der Waals surface area contributed by atoms with Crippen molar-refractivity contribution in [1.82, 2.24) is 19.3 Å². The Morgan fingerprint density at radius 1 is 1.35 bits per heavy atom. The summed E-state index contributed by atoms with van der Waals surface area (Å²) >= 11 is 0. The van der Waals surface area contributed by atoms with E-state index in [4.69, 9.17) is 10.5 Å². The topological polar surface area (TPSA) is 112 Å². The van der Waals surface area contributed by atoms with Crippen LogP contribution in [0.25, 0.3) is 0 Å². The van der Waals surface area contributed by atoms with Gasteiger partial charge in [-0.05, 0) is 27.7 Å². The predicted molar refractivity (Wildman–Crippen MR) is 82.2 cm³/mol. The first-order chi connectivity index (χ1) is 10.8. The summed E-state index contributed by atoms with van der Waals surface area (Å²) in [4.78, 5) is 16.1. The van der Waals surface area contributed by atoms with Crippen molar-refractivity contribution < 1.29 is 4.79 Å². The van der Waals surface area contributed by atoms with E-state index in [2.05, 4.69) is 15.4 Å². The lowest BCUT2D eigenvalue weighted by Gasteiger charge is -2.22. The number of hydrogen-bond acceptors (Lipinski definition) is 5. The molecule has 0 aliphatic rings. The molecule has 0 radical (unpaired) electrons. The van der Waals surface area contributed by atoms with E-state index in [0.717, 1.165) is 5.69 Å². The van der Waals surface area contributed by atoms with Crippen LogP contribution in [0.5, 0.6) is 0 Å². The average Bonchev–Trinajstić information content (AvgIpc) is 3.01. The third kappa shape index (κ3) is 3.38. The van der Waals surface area contributed by atoms with Gasteiger partial charge in [-0.1, -0.05) is 0 Å². The van der Waals surface area contributed by atoms with Crippen molar-refractivity contribution in [1.29, 1.82) is 10.5 Å². The highest BCUT2D eigenvalue weighted by Crippen LogP contribution is 2.21. The number of rotatable bonds is 3. The molecule has 0 saturated carbocycles. The number of aromatic nitrogens is 4. The fourth-order valence-electron chi connectivity index (χ4n) is 2.14. The minimum atomic E-state index is -0.325. The maximum atomic E-state index is 12.2. The highest BCUT2D eigenvalue weighted by molar-refractivity contribution is 5.89. The number of nitriles is 2. The number of anilines is 1. The molecular weight excluding hydrogens is 294 g/mol. The Morgan fingerprint density at radius 2 is 2.04 bits per heavy atom. The molecule has 0 fully saturated rings. The van der Waals surface area contributed by atoms with Gasteiger partial charge in [-0.2, -0.15) is 15.6 Å². The van der Waals surface area contributed by atoms with Crippen molar-refractivity contribution in [3.8, 4) is 12.1 Å². The van der Waals surface area contributed by atoms with E-state index < -0.39 is 0 Å². The molecule has 8 nitrogen and oxygen atoms in total. The second-order valence-corrected chi connectivity index (χ2v) is 6.10. The number of carbonyl (C=O) groups excluding carboxylic acids is 1. The first-order valence-corrected chi connectivity index (χ1v) is 6.98. The first kappa shape index (κ1) is 16.2. The maximum Gasteiger partial charge on any atom is 0.245 e. The lowest BCUT2D eigenvalue weighted by atomic mass is 10.1. The molecule has 2 aromatic rings. The Labute approximate surface area is 134 Å². The number of imidazole rings is 1. The zero-order valence-electron chi connectivity index (χ0n) is 13.5. The zero-order chi connectivity index (χ0) is 17.2. The molecule has 0 aromatic carbocycles. The third-order valence-corrected chi connectivity index (χ3v) is 3.10. The Kier molecular flexibility index (Phi) is 4.19. The van der Waals surface area contributed by atoms with Crippen molar-refractivity contribution in [2.75, 3.05) is 5.32 Å². The van der Waals surface area contributed by atoms with Gasteiger partial charge in [0.1, 0.15) is 24.5 Å². The van der Waals surface area contributed by atoms with Crippen LogP contribution in [0.4, 0.5) is 5.82 Å². The predicted octanol–water partition coefficient (Wildman–Crippen LogP) is 1.53. The summed E-state index contributed by atoms with van der Waals surface area (Å²) in [6.07, 6.45) is 1.31. The fourth-order valence-corrected chi connectivity index (χ4v) is 2.14. The largest absolute Gasteiger partial charge is 0.312 e. The monoisotopic (exact) mass is 311 g/mol. The molecule has 0 aliphatic heterocycles. The quantitative estimate of drug-likeness (QED) is 0.923. The van der Waals surface area contributed by atoms with Gasteiger partial charge < -0.3 is 9.88 Å². The zero-order valence-corrected chi connectivity index (χ0v) is 13.5. The minimum absolute atomic E-state index is 0.0101. The van der Waals surface area contributed by atoms with E-state index in [-0.39, 0.29) is 29.4 Å². The Morgan fingerprint density at radius 3 is 2.61 bits per heavy atom. The second kappa shape index (κ2) is 5.93. The van der Waals surface area contributed by atoms with E-state index in [1.54, 1.807) is 10.7 Å². The maximum absolute atomic E-state index is 12.2. The van der Waals surface area contributed by atoms with Crippen molar-refractivity contribution in [3.05, 3.63) is 29.5 Å². The van der Waals surface area contributed by atoms with E-state index in [1.165, 1.54) is 10.9 Å². The van der Waals surface area contributed by atoms with Gasteiger partial charge >= 0.3 is 0 Å². The number of aryl methyl sites for hydroxylation is 1. The molecule has 1 N–H and O–H groups in total. The van der Waals surface area contributed by atoms with E-state index in [9.17, 15) is 4.79 Å². The van der Waals surface area contributed by atoms with Crippen LogP contribution in [0, 0.1) is 29.6 Å². The fraction of sp³-hybridized carbons (Fsp3) is 0.400. The SMILES string of the molecule is Cc1cc(NC(=O)Cn2cnc(C#N)c2C#N)n(C(C)(C)C)n1. The van der Waals surface area contributed by atoms with Crippen LogP contribution < -0.4 is 5.32 Å². The summed E-state index contributed by atoms with van der Waals surface area (Å²) in [6.45, 7) is 7.69. The van der Waals surface area contributed by atoms with Gasteiger partial charge in [-0.15, -0.1) is 0 Å². The molecule has 0 atom stereocenters. The smallest absolute Gasteiger partial charge is 0.245 e. The average molecular weight is 311 g/mol. The summed E-state index contributed by atoms with van der Waals surface area (Å²) in [5.74, 6) is 0.257. The van der Waals surface area contributed by atoms with Gasteiger partial charge in [-0.3, -0.25) is 4.79 Å². The van der Waals surface area contributed by atoms with Crippen molar-refractivity contribution in [3.63, 3.8) is 0 Å². The lowest BCUT2D eigenvalue weighted by Crippen LogP contribution is -2.28. The molecule has 0 saturated heterocycles. The summed E-state index contributed by atoms with van der Waals surface area (Å²) in [6, 6.07) is 5.49. The van der Waals surface area contributed by atoms with Crippen molar-refractivity contribution in [2.24, 2.45) is 0 Å². The molecule has 0 aliphatic carbocycles. The van der Waals surface area contributed by atoms with Crippen LogP contribution in [-0.4, -0.2) is 25.2 Å². The molecule has 0 bridgehead atoms. The molecule has 8 heteroatoms. The van der Waals surface area contributed by atoms with Gasteiger partial charge in [0.05, 0.1) is 17.6 Å². The molecule has 2 heterocycles. The number of carbonyl (C=O) groups is 1. The molecule has 2 aromatic heterocycles. The lowest BCUT2D eigenvalue weighted by molar-refractivity contribution is -0.116. The Hall–Kier alpha value is -3.13. The van der Waals surface area contributed by atoms with Gasteiger partial charge in [0.25, 0.3) is 0 Å². The first-order valence-electron chi connectivity index (χ1n) is 6.98. The second-order valence-electron chi connectivity index (χ2n) is 6.10. The summed E-state index contributed by atoms with van der Waals surface area (Å²) in [7, 11) is 0. The third-order valence-electron chi connectivity index (χ3n) is 3.10. The van der Waals surface area contributed by atoms with E-state index in [1.807, 2.05) is 39.8 Å². The van der Waals surface area contributed by atoms with Crippen LogP contribution in [0.15, 0.2) is 12.4 Å². The minimum Gasteiger partial charge on any atom is -0.312 e. The van der Waals surface area contributed by atoms with Crippen LogP contribution in [0.3, 0.4) is 0 Å². The molecule has 0 spiro atoms. The Bertz CT molecular complexity index is 824. The van der Waals surface area contributed by atoms with Crippen LogP contribution in [-0.2, 0) is 16.9 Å². The van der Waals surface area contributed by atoms with Gasteiger partial charge in [0.2, 0.25) is 5.91 Å². The standard InChI is InChI=1S/C15H17N7O/c1-10-5-13(22(20-10)15(2,3)4)19-14(23)8-21-9-18-11(6-16)12(21)7-17/h5,9H,8H2,1-4H3,(H,19,23).